The summed E-state index contributed by atoms with van der Waals surface area (Å²) in [5, 5.41) is 14.4. The van der Waals surface area contributed by atoms with Crippen LogP contribution in [-0.2, 0) is 16.1 Å². The number of carbonyl (C=O) groups excluding carboxylic acids is 2. The van der Waals surface area contributed by atoms with Gasteiger partial charge < -0.3 is 21.5 Å². The molecule has 1 aromatic heterocycles. The molecule has 0 radical (unpaired) electrons. The second kappa shape index (κ2) is 7.43. The molecule has 0 fully saturated rings. The van der Waals surface area contributed by atoms with Crippen LogP contribution in [0.2, 0.25) is 0 Å². The highest BCUT2D eigenvalue weighted by molar-refractivity contribution is 7.11. The summed E-state index contributed by atoms with van der Waals surface area (Å²) in [6.45, 7) is 2.11. The summed E-state index contributed by atoms with van der Waals surface area (Å²) in [5.41, 5.74) is 4.94. The van der Waals surface area contributed by atoms with Crippen molar-refractivity contribution >= 4 is 29.2 Å². The Hall–Kier alpha value is -2.16. The first-order chi connectivity index (χ1) is 9.38. The predicted octanol–water partition coefficient (Wildman–Crippen LogP) is -0.0306. The molecular weight excluding hydrogens is 284 g/mol. The minimum Gasteiger partial charge on any atom is -0.480 e. The van der Waals surface area contributed by atoms with Crippen LogP contribution in [0, 0.1) is 6.92 Å². The number of amides is 3. The van der Waals surface area contributed by atoms with E-state index in [-0.39, 0.29) is 19.4 Å². The third-order valence-electron chi connectivity index (χ3n) is 2.35. The second-order valence-electron chi connectivity index (χ2n) is 4.09. The molecule has 0 aliphatic carbocycles. The van der Waals surface area contributed by atoms with E-state index in [1.165, 1.54) is 11.3 Å². The number of nitrogens with zero attached hydrogens (tertiary/aromatic N) is 1. The summed E-state index contributed by atoms with van der Waals surface area (Å²) in [6, 6.07) is -1.78. The third-order valence-corrected chi connectivity index (χ3v) is 3.26. The number of primary amides is 1. The summed E-state index contributed by atoms with van der Waals surface area (Å²) in [4.78, 5) is 38.2. The van der Waals surface area contributed by atoms with E-state index in [9.17, 15) is 14.4 Å². The van der Waals surface area contributed by atoms with Crippen molar-refractivity contribution in [1.82, 2.24) is 15.6 Å². The lowest BCUT2D eigenvalue weighted by Crippen LogP contribution is -2.46. The molecular formula is C11H16N4O4S. The van der Waals surface area contributed by atoms with Crippen LogP contribution in [0.25, 0.3) is 0 Å². The molecule has 1 rings (SSSR count). The molecule has 9 heteroatoms. The number of rotatable bonds is 7. The number of nitrogens with two attached hydrogens (primary N) is 1. The number of nitrogens with one attached hydrogen (secondary N) is 2. The Morgan fingerprint density at radius 1 is 1.50 bits per heavy atom. The maximum atomic E-state index is 11.6. The van der Waals surface area contributed by atoms with Crippen molar-refractivity contribution in [1.29, 1.82) is 0 Å². The molecule has 110 valence electrons. The van der Waals surface area contributed by atoms with Crippen molar-refractivity contribution in [2.45, 2.75) is 32.4 Å². The maximum Gasteiger partial charge on any atom is 0.326 e. The quantitative estimate of drug-likeness (QED) is 0.561. The van der Waals surface area contributed by atoms with Gasteiger partial charge in [0.05, 0.1) is 6.54 Å². The summed E-state index contributed by atoms with van der Waals surface area (Å²) in [5.74, 6) is -1.83. The monoisotopic (exact) mass is 300 g/mol. The Labute approximate surface area is 119 Å². The largest absolute Gasteiger partial charge is 0.480 e. The van der Waals surface area contributed by atoms with Gasteiger partial charge in [-0.2, -0.15) is 0 Å². The minimum absolute atomic E-state index is 0.0472. The van der Waals surface area contributed by atoms with E-state index in [0.717, 1.165) is 9.88 Å². The molecule has 1 atom stereocenters. The average Bonchev–Trinajstić information content (AvgIpc) is 2.77. The van der Waals surface area contributed by atoms with Crippen molar-refractivity contribution in [3.63, 3.8) is 0 Å². The van der Waals surface area contributed by atoms with E-state index >= 15 is 0 Å². The normalized spacial score (nSPS) is 11.7. The summed E-state index contributed by atoms with van der Waals surface area (Å²) in [6.07, 6.45) is 1.53. The van der Waals surface area contributed by atoms with Gasteiger partial charge in [-0.15, -0.1) is 11.3 Å². The van der Waals surface area contributed by atoms with Crippen LogP contribution >= 0.6 is 11.3 Å². The number of carbonyl (C=O) groups is 3. The van der Waals surface area contributed by atoms with E-state index in [2.05, 4.69) is 15.6 Å². The lowest BCUT2D eigenvalue weighted by molar-refractivity contribution is -0.139. The van der Waals surface area contributed by atoms with Gasteiger partial charge in [0.1, 0.15) is 11.0 Å². The van der Waals surface area contributed by atoms with Gasteiger partial charge in [0.15, 0.2) is 0 Å². The number of urea groups is 1. The SMILES string of the molecule is Cc1cnc(CNC(=O)NC(CCC(N)=O)C(=O)O)s1. The van der Waals surface area contributed by atoms with Crippen LogP contribution < -0.4 is 16.4 Å². The van der Waals surface area contributed by atoms with Crippen LogP contribution in [0.15, 0.2) is 6.20 Å². The van der Waals surface area contributed by atoms with Gasteiger partial charge in [0, 0.05) is 17.5 Å². The number of carboxylic acids is 1. The molecule has 0 spiro atoms. The van der Waals surface area contributed by atoms with Crippen LogP contribution in [0.4, 0.5) is 4.79 Å². The van der Waals surface area contributed by atoms with Gasteiger partial charge >= 0.3 is 12.0 Å². The Morgan fingerprint density at radius 3 is 2.70 bits per heavy atom. The molecule has 0 aromatic carbocycles. The molecule has 1 aromatic rings. The van der Waals surface area contributed by atoms with Gasteiger partial charge in [-0.25, -0.2) is 14.6 Å². The Bertz CT molecular complexity index is 502. The summed E-state index contributed by atoms with van der Waals surface area (Å²) >= 11 is 1.44. The van der Waals surface area contributed by atoms with E-state index in [1.54, 1.807) is 6.20 Å². The first kappa shape index (κ1) is 15.9. The van der Waals surface area contributed by atoms with Crippen LogP contribution in [-0.4, -0.2) is 34.0 Å². The molecule has 0 aliphatic heterocycles. The highest BCUT2D eigenvalue weighted by atomic mass is 32.1. The fourth-order valence-electron chi connectivity index (χ4n) is 1.39. The number of aryl methyl sites for hydroxylation is 1. The molecule has 0 saturated heterocycles. The topological polar surface area (TPSA) is 134 Å². The number of thiazole rings is 1. The zero-order valence-electron chi connectivity index (χ0n) is 10.9. The molecule has 3 amide bonds. The van der Waals surface area contributed by atoms with Crippen molar-refractivity contribution in [3.05, 3.63) is 16.1 Å². The molecule has 20 heavy (non-hydrogen) atoms. The number of hydrogen-bond acceptors (Lipinski definition) is 5. The van der Waals surface area contributed by atoms with Crippen LogP contribution in [0.3, 0.4) is 0 Å². The van der Waals surface area contributed by atoms with Crippen molar-refractivity contribution in [2.75, 3.05) is 0 Å². The smallest absolute Gasteiger partial charge is 0.326 e. The fraction of sp³-hybridized carbons (Fsp3) is 0.455. The lowest BCUT2D eigenvalue weighted by atomic mass is 10.1. The minimum atomic E-state index is -1.22. The average molecular weight is 300 g/mol. The maximum absolute atomic E-state index is 11.6. The van der Waals surface area contributed by atoms with E-state index < -0.39 is 23.9 Å². The van der Waals surface area contributed by atoms with Crippen molar-refractivity contribution < 1.29 is 19.5 Å². The molecule has 5 N–H and O–H groups in total. The van der Waals surface area contributed by atoms with Crippen molar-refractivity contribution in [2.24, 2.45) is 5.73 Å². The van der Waals surface area contributed by atoms with Gasteiger partial charge in [0.2, 0.25) is 5.91 Å². The Morgan fingerprint density at radius 2 is 2.20 bits per heavy atom. The van der Waals surface area contributed by atoms with Crippen LogP contribution in [0.5, 0.6) is 0 Å². The van der Waals surface area contributed by atoms with Gasteiger partial charge in [-0.05, 0) is 13.3 Å². The summed E-state index contributed by atoms with van der Waals surface area (Å²) < 4.78 is 0. The molecule has 0 bridgehead atoms. The van der Waals surface area contributed by atoms with Gasteiger partial charge in [-0.3, -0.25) is 4.79 Å². The molecule has 0 aliphatic rings. The molecule has 8 nitrogen and oxygen atoms in total. The highest BCUT2D eigenvalue weighted by Gasteiger charge is 2.20. The standard InChI is InChI=1S/C11H16N4O4S/c1-6-4-13-9(20-6)5-14-11(19)15-7(10(17)18)2-3-8(12)16/h4,7H,2-3,5H2,1H3,(H2,12,16)(H,17,18)(H2,14,15,19). The Balaban J connectivity index is 2.41. The number of aromatic nitrogens is 1. The van der Waals surface area contributed by atoms with Gasteiger partial charge in [-0.1, -0.05) is 0 Å². The fourth-order valence-corrected chi connectivity index (χ4v) is 2.12. The predicted molar refractivity (Wildman–Crippen MR) is 72.1 cm³/mol. The van der Waals surface area contributed by atoms with Crippen molar-refractivity contribution in [3.8, 4) is 0 Å². The second-order valence-corrected chi connectivity index (χ2v) is 5.41. The lowest BCUT2D eigenvalue weighted by Gasteiger charge is -2.13. The molecule has 0 saturated carbocycles. The van der Waals surface area contributed by atoms with E-state index in [4.69, 9.17) is 10.8 Å². The number of hydrogen-bond donors (Lipinski definition) is 4. The molecule has 1 heterocycles. The summed E-state index contributed by atoms with van der Waals surface area (Å²) in [7, 11) is 0. The highest BCUT2D eigenvalue weighted by Crippen LogP contribution is 2.10. The molecule has 1 unspecified atom stereocenters. The number of carboxylic acid groups (broad SMARTS) is 1. The van der Waals surface area contributed by atoms with Gasteiger partial charge in [0.25, 0.3) is 0 Å². The first-order valence-corrected chi connectivity index (χ1v) is 6.67. The zero-order valence-corrected chi connectivity index (χ0v) is 11.7. The van der Waals surface area contributed by atoms with E-state index in [0.29, 0.717) is 0 Å². The number of aliphatic carboxylic acids is 1. The van der Waals surface area contributed by atoms with E-state index in [1.807, 2.05) is 6.92 Å². The zero-order chi connectivity index (χ0) is 15.1. The first-order valence-electron chi connectivity index (χ1n) is 5.85. The van der Waals surface area contributed by atoms with Crippen LogP contribution in [0.1, 0.15) is 22.7 Å². The Kier molecular flexibility index (Phi) is 5.91. The third kappa shape index (κ3) is 5.65.